The Balaban J connectivity index is 1.69. The number of carbonyl (C=O) groups excluding carboxylic acids is 2. The summed E-state index contributed by atoms with van der Waals surface area (Å²) in [4.78, 5) is 31.6. The molecule has 0 unspecified atom stereocenters. The van der Waals surface area contributed by atoms with Crippen LogP contribution in [0.25, 0.3) is 0 Å². The van der Waals surface area contributed by atoms with Crippen LogP contribution in [0.1, 0.15) is 30.4 Å². The van der Waals surface area contributed by atoms with Crippen molar-refractivity contribution < 1.29 is 9.59 Å². The van der Waals surface area contributed by atoms with Crippen LogP contribution in [0.2, 0.25) is 0 Å². The molecule has 0 aromatic carbocycles. The van der Waals surface area contributed by atoms with Crippen molar-refractivity contribution in [2.45, 2.75) is 32.6 Å². The lowest BCUT2D eigenvalue weighted by atomic mass is 9.93. The van der Waals surface area contributed by atoms with Gasteiger partial charge in [-0.3, -0.25) is 9.78 Å². The number of rotatable bonds is 5. The highest BCUT2D eigenvalue weighted by molar-refractivity contribution is 5.76. The van der Waals surface area contributed by atoms with Gasteiger partial charge < -0.3 is 15.1 Å². The van der Waals surface area contributed by atoms with Crippen LogP contribution in [0.5, 0.6) is 0 Å². The Hall–Kier alpha value is -2.11. The van der Waals surface area contributed by atoms with E-state index in [2.05, 4.69) is 10.3 Å². The van der Waals surface area contributed by atoms with Gasteiger partial charge in [-0.15, -0.1) is 0 Å². The molecule has 24 heavy (non-hydrogen) atoms. The molecule has 0 atom stereocenters. The number of likely N-dealkylation sites (tertiary alicyclic amines) is 1. The lowest BCUT2D eigenvalue weighted by Crippen LogP contribution is -2.45. The molecule has 0 radical (unpaired) electrons. The van der Waals surface area contributed by atoms with Crippen LogP contribution in [-0.2, 0) is 11.2 Å². The Morgan fingerprint density at radius 3 is 2.67 bits per heavy atom. The van der Waals surface area contributed by atoms with Crippen LogP contribution >= 0.6 is 0 Å². The van der Waals surface area contributed by atoms with Gasteiger partial charge in [-0.1, -0.05) is 0 Å². The van der Waals surface area contributed by atoms with Crippen LogP contribution in [0, 0.1) is 12.8 Å². The van der Waals surface area contributed by atoms with E-state index in [1.165, 1.54) is 5.56 Å². The molecule has 1 saturated heterocycles. The Morgan fingerprint density at radius 1 is 1.33 bits per heavy atom. The highest BCUT2D eigenvalue weighted by atomic mass is 16.2. The predicted molar refractivity (Wildman–Crippen MR) is 93.7 cm³/mol. The fourth-order valence-electron chi connectivity index (χ4n) is 2.97. The van der Waals surface area contributed by atoms with Gasteiger partial charge in [0.1, 0.15) is 0 Å². The molecular formula is C18H28N4O2. The van der Waals surface area contributed by atoms with E-state index < -0.39 is 0 Å². The summed E-state index contributed by atoms with van der Waals surface area (Å²) in [5.74, 6) is 0.564. The van der Waals surface area contributed by atoms with Crippen LogP contribution in [0.15, 0.2) is 18.5 Å². The Labute approximate surface area is 144 Å². The van der Waals surface area contributed by atoms with Gasteiger partial charge in [-0.2, -0.15) is 0 Å². The first-order chi connectivity index (χ1) is 11.5. The lowest BCUT2D eigenvalue weighted by Gasteiger charge is -2.32. The number of amides is 3. The molecule has 1 aromatic rings. The first-order valence-corrected chi connectivity index (χ1v) is 8.59. The number of aromatic nitrogens is 1. The topological polar surface area (TPSA) is 65.5 Å². The summed E-state index contributed by atoms with van der Waals surface area (Å²) >= 11 is 0. The van der Waals surface area contributed by atoms with Gasteiger partial charge in [0.25, 0.3) is 0 Å². The molecule has 6 nitrogen and oxygen atoms in total. The Bertz CT molecular complexity index is 566. The maximum atomic E-state index is 12.2. The zero-order chi connectivity index (χ0) is 17.5. The summed E-state index contributed by atoms with van der Waals surface area (Å²) in [5.41, 5.74) is 2.37. The SMILES string of the molecule is Cc1cnccc1CCNC(=O)N1CCC(CC(=O)N(C)C)CC1. The Morgan fingerprint density at radius 2 is 2.04 bits per heavy atom. The standard InChI is InChI=1S/C18H28N4O2/c1-14-13-19-8-4-16(14)5-9-20-18(24)22-10-6-15(7-11-22)12-17(23)21(2)3/h4,8,13,15H,5-7,9-12H2,1-3H3,(H,20,24). The lowest BCUT2D eigenvalue weighted by molar-refractivity contribution is -0.129. The molecular weight excluding hydrogens is 304 g/mol. The van der Waals surface area contributed by atoms with E-state index in [0.717, 1.165) is 37.9 Å². The number of hydrogen-bond acceptors (Lipinski definition) is 3. The fraction of sp³-hybridized carbons (Fsp3) is 0.611. The van der Waals surface area contributed by atoms with Gasteiger partial charge in [-0.05, 0) is 49.3 Å². The molecule has 1 N–H and O–H groups in total. The largest absolute Gasteiger partial charge is 0.349 e. The molecule has 132 valence electrons. The number of urea groups is 1. The van der Waals surface area contributed by atoms with E-state index in [-0.39, 0.29) is 11.9 Å². The minimum Gasteiger partial charge on any atom is -0.349 e. The Kier molecular flexibility index (Phi) is 6.58. The third-order valence-electron chi connectivity index (χ3n) is 4.67. The average Bonchev–Trinajstić information content (AvgIpc) is 2.57. The van der Waals surface area contributed by atoms with Crippen molar-refractivity contribution in [2.75, 3.05) is 33.7 Å². The summed E-state index contributed by atoms with van der Waals surface area (Å²) in [6.45, 7) is 4.11. The minimum absolute atomic E-state index is 0.000838. The predicted octanol–water partition coefficient (Wildman–Crippen LogP) is 1.83. The quantitative estimate of drug-likeness (QED) is 0.895. The van der Waals surface area contributed by atoms with E-state index in [1.807, 2.05) is 24.1 Å². The van der Waals surface area contributed by atoms with Gasteiger partial charge >= 0.3 is 6.03 Å². The van der Waals surface area contributed by atoms with Gasteiger partial charge in [-0.25, -0.2) is 4.79 Å². The van der Waals surface area contributed by atoms with Crippen molar-refractivity contribution in [3.63, 3.8) is 0 Å². The number of pyridine rings is 1. The van der Waals surface area contributed by atoms with Crippen LogP contribution < -0.4 is 5.32 Å². The van der Waals surface area contributed by atoms with Gasteiger partial charge in [0.15, 0.2) is 0 Å². The maximum absolute atomic E-state index is 12.2. The molecule has 0 aliphatic carbocycles. The fourth-order valence-corrected chi connectivity index (χ4v) is 2.97. The highest BCUT2D eigenvalue weighted by Crippen LogP contribution is 2.21. The van der Waals surface area contributed by atoms with E-state index >= 15 is 0 Å². The molecule has 0 spiro atoms. The molecule has 0 saturated carbocycles. The minimum atomic E-state index is -0.000838. The van der Waals surface area contributed by atoms with Gasteiger partial charge in [0.05, 0.1) is 0 Å². The van der Waals surface area contributed by atoms with Crippen molar-refractivity contribution >= 4 is 11.9 Å². The van der Waals surface area contributed by atoms with Crippen LogP contribution in [-0.4, -0.2) is 60.5 Å². The summed E-state index contributed by atoms with van der Waals surface area (Å²) in [6.07, 6.45) is 6.82. The van der Waals surface area contributed by atoms with Crippen LogP contribution in [0.4, 0.5) is 4.79 Å². The molecule has 1 fully saturated rings. The second kappa shape index (κ2) is 8.66. The zero-order valence-corrected chi connectivity index (χ0v) is 14.9. The third-order valence-corrected chi connectivity index (χ3v) is 4.67. The molecule has 1 aromatic heterocycles. The number of hydrogen-bond donors (Lipinski definition) is 1. The molecule has 3 amide bonds. The summed E-state index contributed by atoms with van der Waals surface area (Å²) in [5, 5.41) is 2.99. The molecule has 0 bridgehead atoms. The van der Waals surface area contributed by atoms with E-state index in [1.54, 1.807) is 25.2 Å². The smallest absolute Gasteiger partial charge is 0.317 e. The van der Waals surface area contributed by atoms with E-state index in [4.69, 9.17) is 0 Å². The van der Waals surface area contributed by atoms with Crippen molar-refractivity contribution in [3.05, 3.63) is 29.6 Å². The summed E-state index contributed by atoms with van der Waals surface area (Å²) < 4.78 is 0. The number of nitrogens with zero attached hydrogens (tertiary/aromatic N) is 3. The van der Waals surface area contributed by atoms with Crippen molar-refractivity contribution in [2.24, 2.45) is 5.92 Å². The van der Waals surface area contributed by atoms with Gasteiger partial charge in [0, 0.05) is 52.5 Å². The second-order valence-corrected chi connectivity index (χ2v) is 6.71. The first-order valence-electron chi connectivity index (χ1n) is 8.59. The van der Waals surface area contributed by atoms with E-state index in [9.17, 15) is 9.59 Å². The monoisotopic (exact) mass is 332 g/mol. The molecule has 6 heteroatoms. The van der Waals surface area contributed by atoms with E-state index in [0.29, 0.717) is 18.9 Å². The van der Waals surface area contributed by atoms with Crippen LogP contribution in [0.3, 0.4) is 0 Å². The first kappa shape index (κ1) is 18.2. The molecule has 2 rings (SSSR count). The third kappa shape index (κ3) is 5.22. The van der Waals surface area contributed by atoms with Crippen molar-refractivity contribution in [1.29, 1.82) is 0 Å². The molecule has 2 heterocycles. The highest BCUT2D eigenvalue weighted by Gasteiger charge is 2.24. The number of carbonyl (C=O) groups is 2. The maximum Gasteiger partial charge on any atom is 0.317 e. The van der Waals surface area contributed by atoms with Gasteiger partial charge in [0.2, 0.25) is 5.91 Å². The number of piperidine rings is 1. The van der Waals surface area contributed by atoms with Crippen molar-refractivity contribution in [1.82, 2.24) is 20.1 Å². The second-order valence-electron chi connectivity index (χ2n) is 6.71. The number of aryl methyl sites for hydroxylation is 1. The average molecular weight is 332 g/mol. The summed E-state index contributed by atoms with van der Waals surface area (Å²) in [7, 11) is 3.57. The summed E-state index contributed by atoms with van der Waals surface area (Å²) in [6, 6.07) is 1.99. The molecule has 1 aliphatic heterocycles. The normalized spacial score (nSPS) is 15.2. The zero-order valence-electron chi connectivity index (χ0n) is 14.9. The van der Waals surface area contributed by atoms with Crippen molar-refractivity contribution in [3.8, 4) is 0 Å². The molecule has 1 aliphatic rings. The number of nitrogens with one attached hydrogen (secondary N) is 1.